The molecule has 4 rings (SSSR count). The van der Waals surface area contributed by atoms with E-state index >= 15 is 0 Å². The summed E-state index contributed by atoms with van der Waals surface area (Å²) < 4.78 is 0. The lowest BCUT2D eigenvalue weighted by Gasteiger charge is -2.45. The molecule has 0 radical (unpaired) electrons. The number of fused-ring (bicyclic) bond motifs is 1. The Balaban J connectivity index is 1.57. The van der Waals surface area contributed by atoms with Gasteiger partial charge in [-0.3, -0.25) is 4.79 Å². The van der Waals surface area contributed by atoms with Crippen molar-refractivity contribution in [2.24, 2.45) is 23.2 Å². The van der Waals surface area contributed by atoms with Gasteiger partial charge in [0.25, 0.3) is 0 Å². The van der Waals surface area contributed by atoms with E-state index in [4.69, 9.17) is 0 Å². The zero-order valence-corrected chi connectivity index (χ0v) is 24.2. The number of halogens is 1. The minimum atomic E-state index is -1.66. The molecule has 6 atom stereocenters. The predicted molar refractivity (Wildman–Crippen MR) is 146 cm³/mol. The van der Waals surface area contributed by atoms with Gasteiger partial charge in [-0.1, -0.05) is 92.2 Å². The smallest absolute Gasteiger partial charge is 0.226 e. The summed E-state index contributed by atoms with van der Waals surface area (Å²) in [6.07, 6.45) is 8.83. The van der Waals surface area contributed by atoms with E-state index in [0.717, 1.165) is 31.2 Å². The largest absolute Gasteiger partial charge is 0.335 e. The molecule has 0 spiro atoms. The average Bonchev–Trinajstić information content (AvgIpc) is 3.24. The van der Waals surface area contributed by atoms with Crippen molar-refractivity contribution in [3.05, 3.63) is 46.5 Å². The minimum Gasteiger partial charge on any atom is -0.335 e. The van der Waals surface area contributed by atoms with Crippen LogP contribution in [0.4, 0.5) is 0 Å². The molecule has 4 heteroatoms. The standard InChI is InChI=1S/C29H44BrNOSi/c1-21(25-14-15-26-23(19-30)13-10-16-28(25,26)2)17-24-18-29(3,33(4,5)6)27(32)31(24)20-22-11-8-7-9-12-22/h7-9,11-12,19,21,24-26H,10,13-18,20H2,1-6H3/b23-19-/t21-,24?,25?,26+,28-,29?/m1/s1. The van der Waals surface area contributed by atoms with Gasteiger partial charge < -0.3 is 4.90 Å². The number of carbonyl (C=O) groups is 1. The first-order chi connectivity index (χ1) is 15.5. The number of amides is 1. The Morgan fingerprint density at radius 1 is 1.18 bits per heavy atom. The lowest BCUT2D eigenvalue weighted by atomic mass is 9.61. The highest BCUT2D eigenvalue weighted by molar-refractivity contribution is 9.11. The van der Waals surface area contributed by atoms with Crippen molar-refractivity contribution in [2.45, 2.75) is 103 Å². The molecule has 3 aliphatic rings. The van der Waals surface area contributed by atoms with E-state index in [2.05, 4.69) is 96.6 Å². The van der Waals surface area contributed by atoms with Gasteiger partial charge in [0.15, 0.2) is 0 Å². The molecule has 1 heterocycles. The van der Waals surface area contributed by atoms with Crippen molar-refractivity contribution < 1.29 is 4.79 Å². The van der Waals surface area contributed by atoms with E-state index in [0.29, 0.717) is 23.3 Å². The van der Waals surface area contributed by atoms with Crippen molar-refractivity contribution in [1.82, 2.24) is 4.90 Å². The van der Waals surface area contributed by atoms with Crippen LogP contribution in [0, 0.1) is 23.2 Å². The molecule has 3 fully saturated rings. The Kier molecular flexibility index (Phi) is 7.11. The van der Waals surface area contributed by atoms with E-state index in [-0.39, 0.29) is 5.04 Å². The van der Waals surface area contributed by atoms with Crippen LogP contribution in [-0.2, 0) is 11.3 Å². The number of rotatable bonds is 6. The lowest BCUT2D eigenvalue weighted by molar-refractivity contribution is -0.132. The van der Waals surface area contributed by atoms with Gasteiger partial charge in [-0.15, -0.1) is 0 Å². The first-order valence-electron chi connectivity index (χ1n) is 13.2. The summed E-state index contributed by atoms with van der Waals surface area (Å²) in [6.45, 7) is 15.3. The molecule has 1 aromatic carbocycles. The number of nitrogens with zero attached hydrogens (tertiary/aromatic N) is 1. The molecular weight excluding hydrogens is 486 g/mol. The maximum Gasteiger partial charge on any atom is 0.226 e. The molecule has 1 saturated heterocycles. The van der Waals surface area contributed by atoms with Crippen molar-refractivity contribution in [3.63, 3.8) is 0 Å². The monoisotopic (exact) mass is 529 g/mol. The molecule has 0 aromatic heterocycles. The summed E-state index contributed by atoms with van der Waals surface area (Å²) in [5.74, 6) is 2.57. The highest BCUT2D eigenvalue weighted by Crippen LogP contribution is 2.61. The zero-order valence-electron chi connectivity index (χ0n) is 21.7. The van der Waals surface area contributed by atoms with E-state index < -0.39 is 8.07 Å². The maximum atomic E-state index is 13.9. The Bertz CT molecular complexity index is 893. The molecule has 182 valence electrons. The second kappa shape index (κ2) is 9.30. The molecule has 2 aliphatic carbocycles. The summed E-state index contributed by atoms with van der Waals surface area (Å²) >= 11 is 3.67. The van der Waals surface area contributed by atoms with Crippen LogP contribution in [0.1, 0.15) is 71.3 Å². The first-order valence-corrected chi connectivity index (χ1v) is 17.6. The third kappa shape index (κ3) is 4.44. The summed E-state index contributed by atoms with van der Waals surface area (Å²) in [6, 6.07) is 11.0. The molecule has 0 N–H and O–H groups in total. The molecular formula is C29H44BrNOSi. The van der Waals surface area contributed by atoms with Gasteiger partial charge in [0.2, 0.25) is 5.91 Å². The van der Waals surface area contributed by atoms with Gasteiger partial charge in [0, 0.05) is 17.6 Å². The van der Waals surface area contributed by atoms with Crippen LogP contribution in [0.5, 0.6) is 0 Å². The van der Waals surface area contributed by atoms with Crippen LogP contribution in [0.2, 0.25) is 24.7 Å². The Labute approximate surface area is 211 Å². The Morgan fingerprint density at radius 2 is 1.88 bits per heavy atom. The topological polar surface area (TPSA) is 20.3 Å². The van der Waals surface area contributed by atoms with E-state index in [1.54, 1.807) is 5.57 Å². The second-order valence-electron chi connectivity index (χ2n) is 12.9. The summed E-state index contributed by atoms with van der Waals surface area (Å²) in [5.41, 5.74) is 3.33. The van der Waals surface area contributed by atoms with Gasteiger partial charge in [-0.05, 0) is 78.7 Å². The molecule has 33 heavy (non-hydrogen) atoms. The fraction of sp³-hybridized carbons (Fsp3) is 0.690. The molecule has 2 nitrogen and oxygen atoms in total. The van der Waals surface area contributed by atoms with Gasteiger partial charge in [0.1, 0.15) is 0 Å². The summed E-state index contributed by atoms with van der Waals surface area (Å²) in [4.78, 5) is 18.4. The molecule has 2 saturated carbocycles. The van der Waals surface area contributed by atoms with Crippen molar-refractivity contribution in [1.29, 1.82) is 0 Å². The van der Waals surface area contributed by atoms with Crippen LogP contribution in [0.3, 0.4) is 0 Å². The third-order valence-electron chi connectivity index (χ3n) is 10.2. The first kappa shape index (κ1) is 25.2. The van der Waals surface area contributed by atoms with Crippen molar-refractivity contribution >= 4 is 29.9 Å². The van der Waals surface area contributed by atoms with Gasteiger partial charge in [-0.2, -0.15) is 0 Å². The molecule has 1 aliphatic heterocycles. The highest BCUT2D eigenvalue weighted by atomic mass is 79.9. The zero-order chi connectivity index (χ0) is 24.0. The highest BCUT2D eigenvalue weighted by Gasteiger charge is 2.56. The van der Waals surface area contributed by atoms with Crippen LogP contribution >= 0.6 is 15.9 Å². The number of allylic oxidation sites excluding steroid dienone is 1. The maximum absolute atomic E-state index is 13.9. The van der Waals surface area contributed by atoms with Gasteiger partial charge in [0.05, 0.1) is 8.07 Å². The van der Waals surface area contributed by atoms with E-state index in [1.807, 2.05) is 0 Å². The Hall–Kier alpha value is -0.873. The number of hydrogen-bond donors (Lipinski definition) is 0. The summed E-state index contributed by atoms with van der Waals surface area (Å²) in [7, 11) is -1.66. The van der Waals surface area contributed by atoms with Crippen LogP contribution in [0.25, 0.3) is 0 Å². The van der Waals surface area contributed by atoms with E-state index in [9.17, 15) is 4.79 Å². The lowest BCUT2D eigenvalue weighted by Crippen LogP contribution is -2.43. The SMILES string of the molecule is C[C@H](CC1CC(C)([Si](C)(C)C)C(=O)N1Cc1ccccc1)C1CC[C@H]2/C(=C\Br)CCC[C@]12C. The van der Waals surface area contributed by atoms with Crippen molar-refractivity contribution in [2.75, 3.05) is 0 Å². The minimum absolute atomic E-state index is 0.162. The fourth-order valence-corrected chi connectivity index (χ4v) is 9.89. The van der Waals surface area contributed by atoms with Gasteiger partial charge in [-0.25, -0.2) is 0 Å². The molecule has 0 bridgehead atoms. The third-order valence-corrected chi connectivity index (χ3v) is 14.5. The normalized spacial score (nSPS) is 36.9. The average molecular weight is 531 g/mol. The quantitative estimate of drug-likeness (QED) is 0.338. The van der Waals surface area contributed by atoms with Gasteiger partial charge >= 0.3 is 0 Å². The second-order valence-corrected chi connectivity index (χ2v) is 18.9. The molecule has 1 aromatic rings. The molecule has 3 unspecified atom stereocenters. The number of hydrogen-bond acceptors (Lipinski definition) is 1. The number of carbonyl (C=O) groups excluding carboxylic acids is 1. The fourth-order valence-electron chi connectivity index (χ4n) is 7.71. The molecule has 1 amide bonds. The summed E-state index contributed by atoms with van der Waals surface area (Å²) in [5, 5.41) is -0.162. The Morgan fingerprint density at radius 3 is 2.52 bits per heavy atom. The number of benzene rings is 1. The van der Waals surface area contributed by atoms with Crippen LogP contribution in [-0.4, -0.2) is 24.9 Å². The van der Waals surface area contributed by atoms with Crippen LogP contribution < -0.4 is 0 Å². The van der Waals surface area contributed by atoms with Crippen molar-refractivity contribution in [3.8, 4) is 0 Å². The predicted octanol–water partition coefficient (Wildman–Crippen LogP) is 8.41. The van der Waals surface area contributed by atoms with Crippen LogP contribution in [0.15, 0.2) is 40.9 Å². The number of likely N-dealkylation sites (tertiary alicyclic amines) is 1. The van der Waals surface area contributed by atoms with E-state index in [1.165, 1.54) is 37.7 Å².